The molecule has 1 atom stereocenters. The van der Waals surface area contributed by atoms with Crippen molar-refractivity contribution < 1.29 is 14.3 Å². The molecule has 3 heterocycles. The Labute approximate surface area is 202 Å². The van der Waals surface area contributed by atoms with Gasteiger partial charge in [0.1, 0.15) is 12.4 Å². The summed E-state index contributed by atoms with van der Waals surface area (Å²) in [6.07, 6.45) is 1.30. The van der Waals surface area contributed by atoms with Gasteiger partial charge in [-0.05, 0) is 23.6 Å². The highest BCUT2D eigenvalue weighted by Gasteiger charge is 2.36. The lowest BCUT2D eigenvalue weighted by atomic mass is 10.0. The molecule has 0 aliphatic carbocycles. The topological polar surface area (TPSA) is 45.3 Å². The summed E-state index contributed by atoms with van der Waals surface area (Å²) in [5.41, 5.74) is 6.55. The summed E-state index contributed by atoms with van der Waals surface area (Å²) >= 11 is 0. The first kappa shape index (κ1) is 22.7. The minimum absolute atomic E-state index is 0.0782. The third-order valence-corrected chi connectivity index (χ3v) is 7.24. The van der Waals surface area contributed by atoms with E-state index in [1.807, 2.05) is 19.2 Å². The van der Waals surface area contributed by atoms with Gasteiger partial charge in [0, 0.05) is 62.2 Å². The van der Waals surface area contributed by atoms with Gasteiger partial charge in [0.2, 0.25) is 5.91 Å². The average Bonchev–Trinajstić information content (AvgIpc) is 3.20. The second-order valence-corrected chi connectivity index (χ2v) is 9.35. The van der Waals surface area contributed by atoms with E-state index in [9.17, 15) is 4.79 Å². The third-order valence-electron chi connectivity index (χ3n) is 7.24. The molecular weight excluding hydrogens is 426 g/mol. The third kappa shape index (κ3) is 4.48. The van der Waals surface area contributed by atoms with Crippen LogP contribution < -0.4 is 4.74 Å². The molecule has 5 rings (SSSR count). The number of benzene rings is 2. The van der Waals surface area contributed by atoms with E-state index in [1.165, 1.54) is 5.56 Å². The van der Waals surface area contributed by atoms with Crippen LogP contribution in [0.2, 0.25) is 0 Å². The molecule has 178 valence electrons. The molecule has 2 fully saturated rings. The number of nitrogens with zero attached hydrogens (tertiary/aromatic N) is 3. The molecule has 6 heteroatoms. The Morgan fingerprint density at radius 1 is 1.06 bits per heavy atom. The number of piperidine rings is 1. The maximum atomic E-state index is 12.1. The number of carbonyl (C=O) groups is 1. The predicted molar refractivity (Wildman–Crippen MR) is 133 cm³/mol. The van der Waals surface area contributed by atoms with Crippen molar-refractivity contribution in [1.29, 1.82) is 0 Å². The van der Waals surface area contributed by atoms with Crippen LogP contribution in [0.25, 0.3) is 5.70 Å². The minimum atomic E-state index is 0.0782. The predicted octanol–water partition coefficient (Wildman–Crippen LogP) is 4.02. The summed E-state index contributed by atoms with van der Waals surface area (Å²) in [6, 6.07) is 14.9. The number of fused-ring (bicyclic) bond motifs is 1. The second kappa shape index (κ2) is 9.65. The van der Waals surface area contributed by atoms with Gasteiger partial charge in [-0.2, -0.15) is 0 Å². The number of amides is 1. The zero-order valence-electron chi connectivity index (χ0n) is 20.0. The molecule has 0 bridgehead atoms. The molecular formula is C28H33N3O3. The Morgan fingerprint density at radius 3 is 2.56 bits per heavy atom. The molecule has 6 nitrogen and oxygen atoms in total. The second-order valence-electron chi connectivity index (χ2n) is 9.35. The first-order chi connectivity index (χ1) is 16.5. The summed E-state index contributed by atoms with van der Waals surface area (Å²) in [5.74, 6) is 1.02. The lowest BCUT2D eigenvalue weighted by Gasteiger charge is -2.39. The van der Waals surface area contributed by atoms with E-state index in [0.717, 1.165) is 73.1 Å². The fraction of sp³-hybridized carbons (Fsp3) is 0.393. The molecule has 2 saturated heterocycles. The van der Waals surface area contributed by atoms with E-state index in [0.29, 0.717) is 19.6 Å². The van der Waals surface area contributed by atoms with Crippen LogP contribution in [0, 0.1) is 0 Å². The van der Waals surface area contributed by atoms with Crippen LogP contribution in [0.1, 0.15) is 35.1 Å². The van der Waals surface area contributed by atoms with Crippen molar-refractivity contribution in [3.05, 3.63) is 83.6 Å². The van der Waals surface area contributed by atoms with Crippen molar-refractivity contribution in [3.63, 3.8) is 0 Å². The molecule has 34 heavy (non-hydrogen) atoms. The Morgan fingerprint density at radius 2 is 1.79 bits per heavy atom. The Bertz CT molecular complexity index is 1090. The van der Waals surface area contributed by atoms with Crippen molar-refractivity contribution in [1.82, 2.24) is 14.7 Å². The van der Waals surface area contributed by atoms with Gasteiger partial charge in [0.05, 0.1) is 19.3 Å². The van der Waals surface area contributed by atoms with Gasteiger partial charge in [-0.3, -0.25) is 9.69 Å². The van der Waals surface area contributed by atoms with Crippen molar-refractivity contribution in [2.24, 2.45) is 0 Å². The Hall–Kier alpha value is -3.09. The largest absolute Gasteiger partial charge is 0.489 e. The average molecular weight is 460 g/mol. The molecule has 2 aromatic carbocycles. The van der Waals surface area contributed by atoms with Crippen LogP contribution in [0.5, 0.6) is 5.75 Å². The smallest absolute Gasteiger partial charge is 0.226 e. The van der Waals surface area contributed by atoms with Gasteiger partial charge in [-0.1, -0.05) is 49.6 Å². The number of hydrogen-bond donors (Lipinski definition) is 0. The van der Waals surface area contributed by atoms with Crippen LogP contribution >= 0.6 is 0 Å². The van der Waals surface area contributed by atoms with Gasteiger partial charge in [-0.15, -0.1) is 0 Å². The van der Waals surface area contributed by atoms with E-state index in [4.69, 9.17) is 9.47 Å². The Kier molecular flexibility index (Phi) is 6.44. The zero-order valence-corrected chi connectivity index (χ0v) is 20.0. The summed E-state index contributed by atoms with van der Waals surface area (Å²) in [7, 11) is 1.81. The first-order valence-electron chi connectivity index (χ1n) is 12.0. The standard InChI is InChI=1S/C28H33N3O3/c1-20-24-5-4-6-27(25(24)18-31(20)26-11-12-28(32)29(3)21(26)2)34-19-23-9-7-22(8-10-23)17-30-13-15-33-16-14-30/h4-10,26H,1-2,11-19H2,3H3. The zero-order chi connectivity index (χ0) is 23.7. The van der Waals surface area contributed by atoms with Crippen LogP contribution in [0.3, 0.4) is 0 Å². The van der Waals surface area contributed by atoms with Crippen LogP contribution in [0.4, 0.5) is 0 Å². The number of likely N-dealkylation sites (N-methyl/N-ethyl adjacent to an activating group) is 1. The van der Waals surface area contributed by atoms with Gasteiger partial charge in [0.25, 0.3) is 0 Å². The fourth-order valence-electron chi connectivity index (χ4n) is 5.09. The number of hydrogen-bond acceptors (Lipinski definition) is 5. The molecule has 0 spiro atoms. The Balaban J connectivity index is 1.24. The summed E-state index contributed by atoms with van der Waals surface area (Å²) in [6.45, 7) is 14.4. The van der Waals surface area contributed by atoms with Crippen molar-refractivity contribution >= 4 is 11.6 Å². The van der Waals surface area contributed by atoms with Crippen LogP contribution in [-0.2, 0) is 29.2 Å². The lowest BCUT2D eigenvalue weighted by Crippen LogP contribution is -2.44. The monoisotopic (exact) mass is 459 g/mol. The number of ether oxygens (including phenoxy) is 2. The molecule has 3 aliphatic rings. The quantitative estimate of drug-likeness (QED) is 0.653. The highest BCUT2D eigenvalue weighted by Crippen LogP contribution is 2.41. The fourth-order valence-corrected chi connectivity index (χ4v) is 5.09. The molecule has 0 radical (unpaired) electrons. The van der Waals surface area contributed by atoms with Gasteiger partial charge in [0.15, 0.2) is 0 Å². The van der Waals surface area contributed by atoms with E-state index >= 15 is 0 Å². The molecule has 1 amide bonds. The lowest BCUT2D eigenvalue weighted by molar-refractivity contribution is -0.130. The van der Waals surface area contributed by atoms with E-state index in [2.05, 4.69) is 53.3 Å². The van der Waals surface area contributed by atoms with Crippen molar-refractivity contribution in [2.45, 2.75) is 38.6 Å². The van der Waals surface area contributed by atoms with Crippen LogP contribution in [0.15, 0.2) is 61.3 Å². The first-order valence-corrected chi connectivity index (χ1v) is 12.0. The number of morpholine rings is 1. The molecule has 0 saturated carbocycles. The summed E-state index contributed by atoms with van der Waals surface area (Å²) in [4.78, 5) is 18.4. The van der Waals surface area contributed by atoms with Gasteiger partial charge < -0.3 is 19.3 Å². The van der Waals surface area contributed by atoms with Crippen LogP contribution in [-0.4, -0.2) is 60.0 Å². The van der Waals surface area contributed by atoms with Gasteiger partial charge >= 0.3 is 0 Å². The summed E-state index contributed by atoms with van der Waals surface area (Å²) in [5, 5.41) is 0. The van der Waals surface area contributed by atoms with Crippen molar-refractivity contribution in [3.8, 4) is 5.75 Å². The normalized spacial score (nSPS) is 21.2. The molecule has 3 aliphatic heterocycles. The number of rotatable bonds is 6. The maximum absolute atomic E-state index is 12.1. The highest BCUT2D eigenvalue weighted by molar-refractivity contribution is 5.80. The molecule has 0 aromatic heterocycles. The minimum Gasteiger partial charge on any atom is -0.489 e. The highest BCUT2D eigenvalue weighted by atomic mass is 16.5. The molecule has 0 N–H and O–H groups in total. The number of carbonyl (C=O) groups excluding carboxylic acids is 1. The van der Waals surface area contributed by atoms with E-state index < -0.39 is 0 Å². The maximum Gasteiger partial charge on any atom is 0.226 e. The van der Waals surface area contributed by atoms with E-state index in [-0.39, 0.29) is 11.9 Å². The molecule has 2 aromatic rings. The number of likely N-dealkylation sites (tertiary alicyclic amines) is 1. The SMILES string of the molecule is C=C1C(N2Cc3c(OCc4ccc(CN5CCOCC5)cc4)cccc3C2=C)CCC(=O)N1C. The van der Waals surface area contributed by atoms with Crippen molar-refractivity contribution in [2.75, 3.05) is 33.4 Å². The van der Waals surface area contributed by atoms with E-state index in [1.54, 1.807) is 4.90 Å². The molecule has 1 unspecified atom stereocenters. The summed E-state index contributed by atoms with van der Waals surface area (Å²) < 4.78 is 11.7. The van der Waals surface area contributed by atoms with Gasteiger partial charge in [-0.25, -0.2) is 0 Å².